The quantitative estimate of drug-likeness (QED) is 0.312. The summed E-state index contributed by atoms with van der Waals surface area (Å²) in [6, 6.07) is 22.9. The Morgan fingerprint density at radius 3 is 2.41 bits per heavy atom. The molecule has 206 valence electrons. The topological polar surface area (TPSA) is 117 Å². The Labute approximate surface area is 248 Å². The Balaban J connectivity index is 1.73. The van der Waals surface area contributed by atoms with Crippen molar-refractivity contribution in [3.8, 4) is 6.07 Å². The van der Waals surface area contributed by atoms with E-state index in [-0.39, 0.29) is 16.3 Å². The number of benzene rings is 3. The lowest BCUT2D eigenvalue weighted by molar-refractivity contribution is -0.116. The molecule has 1 unspecified atom stereocenters. The van der Waals surface area contributed by atoms with E-state index >= 15 is 0 Å². The molecule has 0 aromatic heterocycles. The van der Waals surface area contributed by atoms with Crippen LogP contribution in [0.4, 0.5) is 5.69 Å². The van der Waals surface area contributed by atoms with Gasteiger partial charge in [0.1, 0.15) is 0 Å². The van der Waals surface area contributed by atoms with Gasteiger partial charge in [-0.1, -0.05) is 65.7 Å². The Bertz CT molecular complexity index is 1790. The first-order chi connectivity index (χ1) is 19.7. The van der Waals surface area contributed by atoms with Gasteiger partial charge in [-0.15, -0.1) is 0 Å². The molecule has 3 aromatic carbocycles. The van der Waals surface area contributed by atoms with Crippen molar-refractivity contribution < 1.29 is 13.2 Å². The number of nitriles is 1. The second-order valence-electron chi connectivity index (χ2n) is 9.51. The molecule has 7 nitrogen and oxygen atoms in total. The van der Waals surface area contributed by atoms with Crippen LogP contribution < -0.4 is 10.0 Å². The summed E-state index contributed by atoms with van der Waals surface area (Å²) in [5, 5.41) is 16.6. The summed E-state index contributed by atoms with van der Waals surface area (Å²) >= 11 is 12.8. The average molecular weight is 604 g/mol. The summed E-state index contributed by atoms with van der Waals surface area (Å²) in [6.07, 6.45) is 6.71. The number of Topliss-reactive ketones (excluding diaryl/α,β-unsaturated/α-hetero) is 1. The third-order valence-corrected chi connectivity index (χ3v) is 8.41. The highest BCUT2D eigenvalue weighted by atomic mass is 35.5. The van der Waals surface area contributed by atoms with Crippen LogP contribution in [-0.4, -0.2) is 20.4 Å². The molecule has 41 heavy (non-hydrogen) atoms. The lowest BCUT2D eigenvalue weighted by atomic mass is 9.75. The van der Waals surface area contributed by atoms with Crippen molar-refractivity contribution in [1.29, 1.82) is 5.26 Å². The summed E-state index contributed by atoms with van der Waals surface area (Å²) in [6.45, 7) is 0. The summed E-state index contributed by atoms with van der Waals surface area (Å²) in [7, 11) is -3.92. The number of nitrogens with two attached hydrogens (primary N) is 1. The van der Waals surface area contributed by atoms with Crippen LogP contribution >= 0.6 is 23.2 Å². The lowest BCUT2D eigenvalue weighted by Gasteiger charge is -2.39. The van der Waals surface area contributed by atoms with Crippen molar-refractivity contribution in [3.63, 3.8) is 0 Å². The maximum atomic E-state index is 13.5. The van der Waals surface area contributed by atoms with E-state index in [4.69, 9.17) is 33.3 Å². The molecule has 1 atom stereocenters. The summed E-state index contributed by atoms with van der Waals surface area (Å²) in [5.41, 5.74) is 3.45. The zero-order valence-corrected chi connectivity index (χ0v) is 24.0. The van der Waals surface area contributed by atoms with Gasteiger partial charge in [0, 0.05) is 39.6 Å². The number of primary sulfonamides is 1. The molecule has 1 aliphatic heterocycles. The molecule has 2 N–H and O–H groups in total. The third kappa shape index (κ3) is 5.90. The molecule has 3 aromatic rings. The minimum absolute atomic E-state index is 0.0571. The Morgan fingerprint density at radius 1 is 1.02 bits per heavy atom. The smallest absolute Gasteiger partial charge is 0.238 e. The predicted molar refractivity (Wildman–Crippen MR) is 162 cm³/mol. The van der Waals surface area contributed by atoms with E-state index in [1.165, 1.54) is 12.1 Å². The molecule has 2 aliphatic rings. The number of allylic oxidation sites excluding steroid dienone is 4. The van der Waals surface area contributed by atoms with Gasteiger partial charge in [0.05, 0.1) is 22.5 Å². The molecule has 0 spiro atoms. The molecule has 0 fully saturated rings. The van der Waals surface area contributed by atoms with E-state index in [0.29, 0.717) is 57.6 Å². The van der Waals surface area contributed by atoms with E-state index in [1.54, 1.807) is 47.5 Å². The first-order valence-corrected chi connectivity index (χ1v) is 15.0. The van der Waals surface area contributed by atoms with E-state index in [2.05, 4.69) is 6.07 Å². The fraction of sp³-hybridized carbons (Fsp3) is 0.129. The van der Waals surface area contributed by atoms with E-state index < -0.39 is 15.9 Å². The molecule has 0 amide bonds. The van der Waals surface area contributed by atoms with Crippen LogP contribution in [0.1, 0.15) is 36.3 Å². The van der Waals surface area contributed by atoms with Crippen LogP contribution in [-0.2, 0) is 14.8 Å². The van der Waals surface area contributed by atoms with Gasteiger partial charge in [0.25, 0.3) is 0 Å². The molecular weight excluding hydrogens is 579 g/mol. The predicted octanol–water partition coefficient (Wildman–Crippen LogP) is 6.77. The normalized spacial score (nSPS) is 17.9. The fourth-order valence-electron chi connectivity index (χ4n) is 5.11. The number of carbonyl (C=O) groups excluding carboxylic acids is 1. The van der Waals surface area contributed by atoms with Gasteiger partial charge in [-0.3, -0.25) is 9.69 Å². The monoisotopic (exact) mass is 602 g/mol. The minimum atomic E-state index is -3.92. The van der Waals surface area contributed by atoms with Crippen LogP contribution in [0.2, 0.25) is 10.0 Å². The second kappa shape index (κ2) is 11.9. The largest absolute Gasteiger partial charge is 0.298 e. The third-order valence-electron chi connectivity index (χ3n) is 6.92. The van der Waals surface area contributed by atoms with Gasteiger partial charge in [-0.2, -0.15) is 5.26 Å². The molecular formula is C31H24Cl2N4O3S. The van der Waals surface area contributed by atoms with Crippen molar-refractivity contribution in [1.82, 2.24) is 0 Å². The number of halogens is 2. The van der Waals surface area contributed by atoms with Crippen molar-refractivity contribution >= 4 is 57.0 Å². The standard InChI is InChI=1S/C31H24Cl2N4O3S/c32-21-11-16-24(26(33)18-21)29-25(19-34)31(36-17-5-8-20-6-2-1-3-7-20)37(27-9-4-10-28(38)30(27)29)22-12-14-23(15-13-22)41(35,39)40/h1-3,5-8,11-18,29H,4,9-10H2,(H2,35,39,40)/b8-5+,36-17+. The van der Waals surface area contributed by atoms with Gasteiger partial charge in [0.15, 0.2) is 11.6 Å². The molecule has 0 radical (unpaired) electrons. The first kappa shape index (κ1) is 28.5. The van der Waals surface area contributed by atoms with Crippen molar-refractivity contribution in [2.24, 2.45) is 10.1 Å². The van der Waals surface area contributed by atoms with Gasteiger partial charge in [-0.05, 0) is 66.4 Å². The summed E-state index contributed by atoms with van der Waals surface area (Å²) in [4.78, 5) is 19.9. The number of anilines is 1. The number of carbonyl (C=O) groups is 1. The average Bonchev–Trinajstić information content (AvgIpc) is 2.95. The molecule has 5 rings (SSSR count). The Morgan fingerprint density at radius 2 is 1.76 bits per heavy atom. The highest BCUT2D eigenvalue weighted by Crippen LogP contribution is 2.49. The van der Waals surface area contributed by atoms with Crippen molar-refractivity contribution in [2.75, 3.05) is 4.90 Å². The zero-order chi connectivity index (χ0) is 29.1. The first-order valence-electron chi connectivity index (χ1n) is 12.7. The highest BCUT2D eigenvalue weighted by molar-refractivity contribution is 7.89. The van der Waals surface area contributed by atoms with Crippen LogP contribution in [0.3, 0.4) is 0 Å². The molecule has 10 heteroatoms. The molecule has 0 saturated heterocycles. The van der Waals surface area contributed by atoms with E-state index in [1.807, 2.05) is 36.4 Å². The van der Waals surface area contributed by atoms with E-state index in [9.17, 15) is 18.5 Å². The van der Waals surface area contributed by atoms with Gasteiger partial charge in [-0.25, -0.2) is 18.5 Å². The second-order valence-corrected chi connectivity index (χ2v) is 11.9. The Kier molecular flexibility index (Phi) is 8.25. The summed E-state index contributed by atoms with van der Waals surface area (Å²) in [5.74, 6) is -0.538. The molecule has 0 saturated carbocycles. The fourth-order valence-corrected chi connectivity index (χ4v) is 6.14. The number of rotatable bonds is 6. The van der Waals surface area contributed by atoms with E-state index in [0.717, 1.165) is 5.56 Å². The number of hydrogen-bond donors (Lipinski definition) is 1. The van der Waals surface area contributed by atoms with Crippen LogP contribution in [0.5, 0.6) is 0 Å². The molecule has 0 bridgehead atoms. The van der Waals surface area contributed by atoms with Gasteiger partial charge < -0.3 is 0 Å². The van der Waals surface area contributed by atoms with Crippen molar-refractivity contribution in [2.45, 2.75) is 30.1 Å². The number of hydrogen-bond acceptors (Lipinski definition) is 6. The minimum Gasteiger partial charge on any atom is -0.298 e. The molecule has 1 aliphatic carbocycles. The zero-order valence-electron chi connectivity index (χ0n) is 21.7. The van der Waals surface area contributed by atoms with Crippen LogP contribution in [0.25, 0.3) is 6.08 Å². The van der Waals surface area contributed by atoms with Gasteiger partial charge >= 0.3 is 0 Å². The Hall–Kier alpha value is -4.00. The highest BCUT2D eigenvalue weighted by Gasteiger charge is 2.41. The maximum absolute atomic E-state index is 13.5. The summed E-state index contributed by atoms with van der Waals surface area (Å²) < 4.78 is 23.8. The van der Waals surface area contributed by atoms with Crippen molar-refractivity contribution in [3.05, 3.63) is 123 Å². The number of nitrogens with zero attached hydrogens (tertiary/aromatic N) is 3. The van der Waals surface area contributed by atoms with Crippen LogP contribution in [0, 0.1) is 11.3 Å². The number of aliphatic imine (C=N–C) groups is 1. The van der Waals surface area contributed by atoms with Crippen LogP contribution in [0.15, 0.2) is 111 Å². The lowest BCUT2D eigenvalue weighted by Crippen LogP contribution is -2.35. The molecule has 1 heterocycles. The number of ketones is 1. The number of sulfonamides is 1. The van der Waals surface area contributed by atoms with Gasteiger partial charge in [0.2, 0.25) is 10.0 Å². The maximum Gasteiger partial charge on any atom is 0.238 e. The SMILES string of the molecule is N#CC1=C(/N=C/C=C/c2ccccc2)N(c2ccc(S(N)(=O)=O)cc2)C2=C(C(=O)CCC2)C1c1ccc(Cl)cc1Cl.